The summed E-state index contributed by atoms with van der Waals surface area (Å²) in [4.78, 5) is 13.2. The van der Waals surface area contributed by atoms with Crippen LogP contribution in [-0.4, -0.2) is 12.1 Å². The molecule has 1 aliphatic rings. The average Bonchev–Trinajstić information content (AvgIpc) is 2.83. The van der Waals surface area contributed by atoms with Crippen LogP contribution in [0.3, 0.4) is 0 Å². The van der Waals surface area contributed by atoms with Gasteiger partial charge < -0.3 is 4.74 Å². The summed E-state index contributed by atoms with van der Waals surface area (Å²) in [5.74, 6) is -0.153. The zero-order valence-electron chi connectivity index (χ0n) is 17.0. The third-order valence-corrected chi connectivity index (χ3v) is 9.72. The predicted octanol–water partition coefficient (Wildman–Crippen LogP) is 5.63. The minimum absolute atomic E-state index is 0.153. The van der Waals surface area contributed by atoms with Crippen LogP contribution in [0.15, 0.2) is 115 Å². The number of hydrogen-bond acceptors (Lipinski definition) is 2. The fourth-order valence-corrected chi connectivity index (χ4v) is 8.03. The van der Waals surface area contributed by atoms with Crippen molar-refractivity contribution in [2.75, 3.05) is 6.16 Å². The number of hydrogen-bond donors (Lipinski definition) is 0. The molecule has 0 spiro atoms. The zero-order chi connectivity index (χ0) is 20.7. The number of esters is 1. The summed E-state index contributed by atoms with van der Waals surface area (Å²) in [6.07, 6.45) is 9.19. The Hall–Kier alpha value is -2.96. The summed E-state index contributed by atoms with van der Waals surface area (Å²) in [7, 11) is -2.15. The van der Waals surface area contributed by atoms with Crippen LogP contribution in [0.2, 0.25) is 0 Å². The highest BCUT2D eigenvalue weighted by atomic mass is 31.2. The van der Waals surface area contributed by atoms with Gasteiger partial charge in [-0.05, 0) is 54.8 Å². The van der Waals surface area contributed by atoms with Crippen LogP contribution in [0.25, 0.3) is 0 Å². The summed E-state index contributed by atoms with van der Waals surface area (Å²) in [6.45, 7) is 0.304. The van der Waals surface area contributed by atoms with Crippen molar-refractivity contribution in [1.29, 1.82) is 0 Å². The van der Waals surface area contributed by atoms with E-state index in [1.165, 1.54) is 15.9 Å². The Labute approximate surface area is 179 Å². The Morgan fingerprint density at radius 1 is 0.767 bits per heavy atom. The molecule has 3 aromatic rings. The molecule has 0 saturated heterocycles. The topological polar surface area (TPSA) is 26.3 Å². The number of ether oxygens (including phenoxy) is 1. The second-order valence-electron chi connectivity index (χ2n) is 7.39. The molecule has 3 aromatic carbocycles. The maximum absolute atomic E-state index is 13.2. The normalized spacial score (nSPS) is 13.5. The molecular weight excluding hydrogens is 387 g/mol. The lowest BCUT2D eigenvalue weighted by atomic mass is 10.2. The van der Waals surface area contributed by atoms with Crippen molar-refractivity contribution in [2.24, 2.45) is 0 Å². The molecular formula is C27H26O2P+. The summed E-state index contributed by atoms with van der Waals surface area (Å²) in [5.41, 5.74) is 1.01. The Balaban J connectivity index is 1.73. The predicted molar refractivity (Wildman–Crippen MR) is 127 cm³/mol. The van der Waals surface area contributed by atoms with Gasteiger partial charge >= 0.3 is 5.97 Å². The first-order chi connectivity index (χ1) is 14.8. The first-order valence-electron chi connectivity index (χ1n) is 10.4. The molecule has 30 heavy (non-hydrogen) atoms. The maximum atomic E-state index is 13.2. The minimum atomic E-state index is -2.15. The van der Waals surface area contributed by atoms with E-state index in [0.717, 1.165) is 18.4 Å². The van der Waals surface area contributed by atoms with E-state index in [4.69, 9.17) is 4.74 Å². The van der Waals surface area contributed by atoms with E-state index >= 15 is 0 Å². The number of carbonyl (C=O) groups excluding carboxylic acids is 1. The molecule has 0 bridgehead atoms. The molecule has 4 rings (SSSR count). The fraction of sp³-hybridized carbons (Fsp3) is 0.148. The summed E-state index contributed by atoms with van der Waals surface area (Å²) in [6, 6.07) is 30.8. The largest absolute Gasteiger partial charge is 0.458 e. The molecule has 3 heteroatoms. The van der Waals surface area contributed by atoms with Crippen LogP contribution >= 0.6 is 7.26 Å². The van der Waals surface area contributed by atoms with E-state index in [1.807, 2.05) is 42.5 Å². The SMILES string of the molecule is O=C(C[P+](C1=CCCC=C1)(c1ccccc1)c1ccccc1)OCc1ccccc1. The van der Waals surface area contributed by atoms with Crippen LogP contribution in [-0.2, 0) is 16.1 Å². The van der Waals surface area contributed by atoms with Crippen LogP contribution in [0.1, 0.15) is 18.4 Å². The average molecular weight is 413 g/mol. The third-order valence-electron chi connectivity index (χ3n) is 5.42. The Morgan fingerprint density at radius 3 is 1.87 bits per heavy atom. The van der Waals surface area contributed by atoms with Gasteiger partial charge in [-0.2, -0.15) is 0 Å². The van der Waals surface area contributed by atoms with Gasteiger partial charge in [0.25, 0.3) is 0 Å². The van der Waals surface area contributed by atoms with Crippen LogP contribution in [0.4, 0.5) is 0 Å². The molecule has 0 unspecified atom stereocenters. The van der Waals surface area contributed by atoms with Gasteiger partial charge in [0.15, 0.2) is 6.16 Å². The molecule has 0 radical (unpaired) electrons. The molecule has 0 N–H and O–H groups in total. The van der Waals surface area contributed by atoms with E-state index in [9.17, 15) is 4.79 Å². The van der Waals surface area contributed by atoms with Gasteiger partial charge in [0.05, 0.1) is 0 Å². The Kier molecular flexibility index (Phi) is 6.57. The second kappa shape index (κ2) is 9.69. The quantitative estimate of drug-likeness (QED) is 0.371. The van der Waals surface area contributed by atoms with Crippen molar-refractivity contribution < 1.29 is 9.53 Å². The molecule has 0 amide bonds. The lowest BCUT2D eigenvalue weighted by molar-refractivity contribution is -0.141. The minimum Gasteiger partial charge on any atom is -0.458 e. The van der Waals surface area contributed by atoms with Gasteiger partial charge in [0, 0.05) is 0 Å². The number of carbonyl (C=O) groups is 1. The van der Waals surface area contributed by atoms with E-state index in [-0.39, 0.29) is 5.97 Å². The second-order valence-corrected chi connectivity index (χ2v) is 10.9. The maximum Gasteiger partial charge on any atom is 0.345 e. The lowest BCUT2D eigenvalue weighted by Gasteiger charge is -2.28. The van der Waals surface area contributed by atoms with Crippen molar-refractivity contribution in [3.8, 4) is 0 Å². The highest BCUT2D eigenvalue weighted by molar-refractivity contribution is 7.93. The standard InChI is InChI=1S/C27H26O2P/c28-27(29-21-23-13-5-1-6-14-23)22-30(24-15-7-2-8-16-24,25-17-9-3-10-18-25)26-19-11-4-12-20-26/h1-3,5-11,13-20H,4,12,21-22H2/q+1. The van der Waals surface area contributed by atoms with Crippen LogP contribution in [0, 0.1) is 0 Å². The van der Waals surface area contributed by atoms with Gasteiger partial charge in [0.1, 0.15) is 29.8 Å². The Bertz CT molecular complexity index is 985. The van der Waals surface area contributed by atoms with Gasteiger partial charge in [-0.1, -0.05) is 72.8 Å². The molecule has 0 aliphatic heterocycles. The first-order valence-corrected chi connectivity index (χ1v) is 12.3. The van der Waals surface area contributed by atoms with E-state index in [2.05, 4.69) is 66.8 Å². The molecule has 0 fully saturated rings. The smallest absolute Gasteiger partial charge is 0.345 e. The number of rotatable bonds is 7. The number of benzene rings is 3. The zero-order valence-corrected chi connectivity index (χ0v) is 17.9. The summed E-state index contributed by atoms with van der Waals surface area (Å²) >= 11 is 0. The molecule has 0 saturated carbocycles. The van der Waals surface area contributed by atoms with Crippen molar-refractivity contribution in [1.82, 2.24) is 0 Å². The monoisotopic (exact) mass is 413 g/mol. The molecule has 0 atom stereocenters. The third kappa shape index (κ3) is 4.45. The van der Waals surface area contributed by atoms with Gasteiger partial charge in [-0.3, -0.25) is 0 Å². The lowest BCUT2D eigenvalue weighted by Crippen LogP contribution is -2.30. The van der Waals surface area contributed by atoms with Crippen LogP contribution in [0.5, 0.6) is 0 Å². The van der Waals surface area contributed by atoms with Crippen molar-refractivity contribution >= 4 is 23.8 Å². The van der Waals surface area contributed by atoms with E-state index in [0.29, 0.717) is 12.8 Å². The van der Waals surface area contributed by atoms with Gasteiger partial charge in [-0.15, -0.1) is 0 Å². The Morgan fingerprint density at radius 2 is 1.33 bits per heavy atom. The molecule has 2 nitrogen and oxygen atoms in total. The van der Waals surface area contributed by atoms with E-state index < -0.39 is 7.26 Å². The molecule has 0 aromatic heterocycles. The van der Waals surface area contributed by atoms with E-state index in [1.54, 1.807) is 0 Å². The molecule has 1 aliphatic carbocycles. The van der Waals surface area contributed by atoms with Crippen molar-refractivity contribution in [2.45, 2.75) is 19.4 Å². The summed E-state index contributed by atoms with van der Waals surface area (Å²) in [5, 5.41) is 3.69. The summed E-state index contributed by atoms with van der Waals surface area (Å²) < 4.78 is 5.75. The van der Waals surface area contributed by atoms with Crippen LogP contribution < -0.4 is 10.6 Å². The first kappa shape index (κ1) is 20.3. The fourth-order valence-electron chi connectivity index (χ4n) is 3.95. The van der Waals surface area contributed by atoms with Gasteiger partial charge in [0.2, 0.25) is 0 Å². The molecule has 150 valence electrons. The van der Waals surface area contributed by atoms with Crippen molar-refractivity contribution in [3.05, 3.63) is 120 Å². The highest BCUT2D eigenvalue weighted by Crippen LogP contribution is 2.64. The van der Waals surface area contributed by atoms with Crippen molar-refractivity contribution in [3.63, 3.8) is 0 Å². The molecule has 0 heterocycles. The van der Waals surface area contributed by atoms with Gasteiger partial charge in [-0.25, -0.2) is 4.79 Å². The number of allylic oxidation sites excluding steroid dienone is 4. The highest BCUT2D eigenvalue weighted by Gasteiger charge is 2.48.